The van der Waals surface area contributed by atoms with E-state index >= 15 is 0 Å². The minimum atomic E-state index is -0.743. The molecule has 8 atom stereocenters. The highest BCUT2D eigenvalue weighted by molar-refractivity contribution is 5.09. The Bertz CT molecular complexity index is 697. The smallest absolute Gasteiger partial charge is 0.201 e. The lowest BCUT2D eigenvalue weighted by molar-refractivity contribution is -0.577. The van der Waals surface area contributed by atoms with Gasteiger partial charge in [-0.2, -0.15) is 0 Å². The van der Waals surface area contributed by atoms with Crippen molar-refractivity contribution in [1.29, 1.82) is 0 Å². The molecule has 2 bridgehead atoms. The minimum Gasteiger partial charge on any atom is -0.468 e. The molecule has 1 N–H and O–H groups in total. The summed E-state index contributed by atoms with van der Waals surface area (Å²) in [5.41, 5.74) is -0.523. The lowest BCUT2D eigenvalue weighted by atomic mass is 9.58. The Morgan fingerprint density at radius 3 is 2.90 bits per heavy atom. The van der Waals surface area contributed by atoms with E-state index in [9.17, 15) is 0 Å². The summed E-state index contributed by atoms with van der Waals surface area (Å²) in [6.07, 6.45) is 5.09. The summed E-state index contributed by atoms with van der Waals surface area (Å²) in [7, 11) is 0. The van der Waals surface area contributed by atoms with Crippen LogP contribution in [0.4, 0.5) is 0 Å². The Hall–Kier alpha value is -0.960. The van der Waals surface area contributed by atoms with E-state index in [4.69, 9.17) is 28.4 Å². The molecule has 1 aliphatic carbocycles. The first-order chi connectivity index (χ1) is 14.0. The monoisotopic (exact) mass is 407 g/mol. The number of hydrogen-bond donors (Lipinski definition) is 1. The van der Waals surface area contributed by atoms with Gasteiger partial charge in [-0.1, -0.05) is 13.8 Å². The number of rotatable bonds is 6. The zero-order valence-electron chi connectivity index (χ0n) is 17.6. The number of ether oxygens (including phenoxy) is 3. The van der Waals surface area contributed by atoms with Crippen molar-refractivity contribution < 1.29 is 28.4 Å². The van der Waals surface area contributed by atoms with Crippen molar-refractivity contribution >= 4 is 0 Å². The summed E-state index contributed by atoms with van der Waals surface area (Å²) >= 11 is 0. The molecule has 4 saturated heterocycles. The summed E-state index contributed by atoms with van der Waals surface area (Å²) in [4.78, 5) is 12.0. The molecule has 5 heterocycles. The van der Waals surface area contributed by atoms with Crippen LogP contribution < -0.4 is 5.32 Å². The third-order valence-corrected chi connectivity index (χ3v) is 7.54. The van der Waals surface area contributed by atoms with Crippen molar-refractivity contribution in [3.8, 4) is 0 Å². The normalized spacial score (nSPS) is 46.3. The van der Waals surface area contributed by atoms with Crippen molar-refractivity contribution in [3.05, 3.63) is 24.2 Å². The average Bonchev–Trinajstić information content (AvgIpc) is 3.12. The molecule has 1 spiro atoms. The van der Waals surface area contributed by atoms with Crippen molar-refractivity contribution in [2.24, 2.45) is 23.7 Å². The fourth-order valence-electron chi connectivity index (χ4n) is 5.93. The van der Waals surface area contributed by atoms with E-state index in [1.165, 1.54) is 6.42 Å². The van der Waals surface area contributed by atoms with Crippen LogP contribution in [0.5, 0.6) is 0 Å². The Balaban J connectivity index is 1.26. The van der Waals surface area contributed by atoms with E-state index in [1.54, 1.807) is 6.26 Å². The Labute approximate surface area is 172 Å². The Kier molecular flexibility index (Phi) is 5.25. The molecule has 4 aliphatic heterocycles. The van der Waals surface area contributed by atoms with Gasteiger partial charge in [0.15, 0.2) is 18.2 Å². The molecule has 0 amide bonds. The fourth-order valence-corrected chi connectivity index (χ4v) is 5.93. The second kappa shape index (κ2) is 7.62. The zero-order valence-corrected chi connectivity index (χ0v) is 17.6. The predicted molar refractivity (Wildman–Crippen MR) is 103 cm³/mol. The van der Waals surface area contributed by atoms with Crippen molar-refractivity contribution in [2.75, 3.05) is 13.2 Å². The molecule has 0 radical (unpaired) electrons. The number of furan rings is 1. The SMILES string of the molecule is C[C@@H]1CCC2[C@@H](C)[C@@H](OCCNCc3ccco3)OC3OC4(C)CCC1[C@]32OO4. The quantitative estimate of drug-likeness (QED) is 0.571. The van der Waals surface area contributed by atoms with Crippen LogP contribution in [0.2, 0.25) is 0 Å². The molecular formula is C22H33NO6. The highest BCUT2D eigenvalue weighted by Crippen LogP contribution is 2.60. The first kappa shape index (κ1) is 20.0. The summed E-state index contributed by atoms with van der Waals surface area (Å²) in [6, 6.07) is 3.85. The van der Waals surface area contributed by atoms with Gasteiger partial charge in [0.25, 0.3) is 0 Å². The average molecular weight is 408 g/mol. The highest BCUT2D eigenvalue weighted by Gasteiger charge is 2.69. The largest absolute Gasteiger partial charge is 0.468 e. The van der Waals surface area contributed by atoms with Crippen LogP contribution in [0.1, 0.15) is 52.2 Å². The molecule has 29 heavy (non-hydrogen) atoms. The van der Waals surface area contributed by atoms with E-state index in [0.29, 0.717) is 30.9 Å². The van der Waals surface area contributed by atoms with Crippen LogP contribution >= 0.6 is 0 Å². The van der Waals surface area contributed by atoms with E-state index in [2.05, 4.69) is 19.2 Å². The molecule has 6 rings (SSSR count). The molecule has 1 aromatic rings. The zero-order chi connectivity index (χ0) is 20.1. The van der Waals surface area contributed by atoms with Gasteiger partial charge in [0.1, 0.15) is 5.76 Å². The lowest BCUT2D eigenvalue weighted by Gasteiger charge is -2.60. The number of nitrogens with one attached hydrogen (secondary N) is 1. The molecule has 7 nitrogen and oxygen atoms in total. The van der Waals surface area contributed by atoms with Gasteiger partial charge in [0.2, 0.25) is 5.79 Å². The maximum atomic E-state index is 6.41. The van der Waals surface area contributed by atoms with Crippen molar-refractivity contribution in [3.63, 3.8) is 0 Å². The van der Waals surface area contributed by atoms with Crippen LogP contribution in [0.25, 0.3) is 0 Å². The summed E-state index contributed by atoms with van der Waals surface area (Å²) < 4.78 is 24.3. The van der Waals surface area contributed by atoms with Crippen LogP contribution in [0, 0.1) is 23.7 Å². The van der Waals surface area contributed by atoms with Gasteiger partial charge < -0.3 is 23.9 Å². The number of hydrogen-bond acceptors (Lipinski definition) is 7. The van der Waals surface area contributed by atoms with Crippen LogP contribution in [0.3, 0.4) is 0 Å². The third kappa shape index (κ3) is 3.36. The van der Waals surface area contributed by atoms with E-state index in [-0.39, 0.29) is 12.2 Å². The van der Waals surface area contributed by atoms with Crippen LogP contribution in [-0.2, 0) is 30.5 Å². The van der Waals surface area contributed by atoms with E-state index < -0.39 is 17.7 Å². The van der Waals surface area contributed by atoms with Gasteiger partial charge in [-0.05, 0) is 50.2 Å². The summed E-state index contributed by atoms with van der Waals surface area (Å²) in [5, 5.41) is 3.34. The Morgan fingerprint density at radius 1 is 1.17 bits per heavy atom. The molecule has 5 fully saturated rings. The third-order valence-electron chi connectivity index (χ3n) is 7.54. The molecule has 4 unspecified atom stereocenters. The lowest BCUT2D eigenvalue weighted by Crippen LogP contribution is -2.70. The highest BCUT2D eigenvalue weighted by atomic mass is 17.3. The first-order valence-corrected chi connectivity index (χ1v) is 11.1. The second-order valence-corrected chi connectivity index (χ2v) is 9.40. The summed E-state index contributed by atoms with van der Waals surface area (Å²) in [6.45, 7) is 8.48. The van der Waals surface area contributed by atoms with Crippen molar-refractivity contribution in [2.45, 2.75) is 77.0 Å². The molecule has 1 saturated carbocycles. The molecule has 1 aromatic heterocycles. The fraction of sp³-hybridized carbons (Fsp3) is 0.818. The summed E-state index contributed by atoms with van der Waals surface area (Å²) in [5.74, 6) is 1.64. The Morgan fingerprint density at radius 2 is 2.07 bits per heavy atom. The second-order valence-electron chi connectivity index (χ2n) is 9.40. The first-order valence-electron chi connectivity index (χ1n) is 11.1. The van der Waals surface area contributed by atoms with Crippen LogP contribution in [-0.4, -0.2) is 37.1 Å². The molecule has 7 heteroatoms. The molecule has 0 aromatic carbocycles. The molecule has 162 valence electrons. The van der Waals surface area contributed by atoms with Gasteiger partial charge in [-0.25, -0.2) is 9.78 Å². The van der Waals surface area contributed by atoms with Gasteiger partial charge in [0.05, 0.1) is 19.4 Å². The maximum absolute atomic E-state index is 6.41. The van der Waals surface area contributed by atoms with E-state index in [1.807, 2.05) is 19.1 Å². The van der Waals surface area contributed by atoms with E-state index in [0.717, 1.165) is 31.6 Å². The maximum Gasteiger partial charge on any atom is 0.201 e. The predicted octanol–water partition coefficient (Wildman–Crippen LogP) is 3.59. The minimum absolute atomic E-state index is 0.209. The molecular weight excluding hydrogens is 374 g/mol. The van der Waals surface area contributed by atoms with Gasteiger partial charge in [-0.3, -0.25) is 0 Å². The standard InChI is InChI=1S/C22H33NO6/c1-14-6-7-18-15(2)19(25-12-10-23-13-16-5-4-11-24-16)26-20-22(18)17(14)8-9-21(3,27-20)28-29-22/h4-5,11,14-15,17-20,23H,6-10,12-13H2,1-3H3/t14-,15-,17?,18?,19+,20?,21?,22-/m1/s1. The van der Waals surface area contributed by atoms with Gasteiger partial charge in [0, 0.05) is 24.8 Å². The van der Waals surface area contributed by atoms with Crippen molar-refractivity contribution in [1.82, 2.24) is 5.32 Å². The molecule has 5 aliphatic rings. The topological polar surface area (TPSA) is 71.3 Å². The van der Waals surface area contributed by atoms with Crippen LogP contribution in [0.15, 0.2) is 22.8 Å². The number of fused-ring (bicyclic) bond motifs is 2. The van der Waals surface area contributed by atoms with Gasteiger partial charge in [-0.15, -0.1) is 0 Å². The van der Waals surface area contributed by atoms with Gasteiger partial charge >= 0.3 is 0 Å².